The SMILES string of the molecule is CCC(C)C(=O)Nc1cccc(CNC(=O)c2nc3nc(C)cc(C)n3n2)c1. The molecule has 0 radical (unpaired) electrons. The third-order valence-electron chi connectivity index (χ3n) is 4.53. The molecule has 0 saturated carbocycles. The van der Waals surface area contributed by atoms with Gasteiger partial charge in [-0.15, -0.1) is 5.10 Å². The number of nitrogens with one attached hydrogen (secondary N) is 2. The van der Waals surface area contributed by atoms with Crippen LogP contribution in [0.4, 0.5) is 5.69 Å². The summed E-state index contributed by atoms with van der Waals surface area (Å²) < 4.78 is 1.55. The molecule has 2 heterocycles. The van der Waals surface area contributed by atoms with Crippen molar-refractivity contribution < 1.29 is 9.59 Å². The molecule has 146 valence electrons. The van der Waals surface area contributed by atoms with Crippen LogP contribution in [0.15, 0.2) is 30.3 Å². The van der Waals surface area contributed by atoms with Crippen molar-refractivity contribution >= 4 is 23.3 Å². The van der Waals surface area contributed by atoms with Crippen molar-refractivity contribution in [3.63, 3.8) is 0 Å². The first-order valence-electron chi connectivity index (χ1n) is 9.26. The van der Waals surface area contributed by atoms with Crippen LogP contribution in [0.2, 0.25) is 0 Å². The van der Waals surface area contributed by atoms with Crippen molar-refractivity contribution in [3.8, 4) is 0 Å². The summed E-state index contributed by atoms with van der Waals surface area (Å²) in [5.41, 5.74) is 3.25. The summed E-state index contributed by atoms with van der Waals surface area (Å²) in [7, 11) is 0. The number of amides is 2. The Labute approximate surface area is 163 Å². The molecule has 0 aliphatic rings. The Kier molecular flexibility index (Phi) is 5.67. The standard InChI is InChI=1S/C20H24N6O2/c1-5-12(2)18(27)23-16-8-6-7-15(10-16)11-21-19(28)17-24-20-22-13(3)9-14(4)26(20)25-17/h6-10,12H,5,11H2,1-4H3,(H,21,28)(H,23,27). The molecular formula is C20H24N6O2. The van der Waals surface area contributed by atoms with Gasteiger partial charge in [-0.2, -0.15) is 4.98 Å². The molecule has 2 aromatic heterocycles. The fourth-order valence-corrected chi connectivity index (χ4v) is 2.73. The largest absolute Gasteiger partial charge is 0.345 e. The van der Waals surface area contributed by atoms with Gasteiger partial charge in [0.1, 0.15) is 0 Å². The van der Waals surface area contributed by atoms with Gasteiger partial charge < -0.3 is 10.6 Å². The number of hydrogen-bond acceptors (Lipinski definition) is 5. The molecule has 1 atom stereocenters. The third-order valence-corrected chi connectivity index (χ3v) is 4.53. The minimum absolute atomic E-state index is 0.0178. The normalized spacial score (nSPS) is 12.0. The molecule has 0 saturated heterocycles. The van der Waals surface area contributed by atoms with E-state index >= 15 is 0 Å². The molecule has 0 bridgehead atoms. The Bertz CT molecular complexity index is 1030. The van der Waals surface area contributed by atoms with Crippen LogP contribution < -0.4 is 10.6 Å². The molecule has 0 fully saturated rings. The van der Waals surface area contributed by atoms with Gasteiger partial charge in [-0.05, 0) is 44.0 Å². The first-order chi connectivity index (χ1) is 13.4. The van der Waals surface area contributed by atoms with E-state index in [0.717, 1.165) is 23.4 Å². The lowest BCUT2D eigenvalue weighted by Crippen LogP contribution is -2.24. The predicted molar refractivity (Wildman–Crippen MR) is 106 cm³/mol. The molecule has 0 aliphatic carbocycles. The van der Waals surface area contributed by atoms with Crippen LogP contribution in [0.5, 0.6) is 0 Å². The maximum Gasteiger partial charge on any atom is 0.291 e. The fourth-order valence-electron chi connectivity index (χ4n) is 2.73. The van der Waals surface area contributed by atoms with Crippen molar-refractivity contribution in [2.75, 3.05) is 5.32 Å². The van der Waals surface area contributed by atoms with Gasteiger partial charge in [0.05, 0.1) is 0 Å². The van der Waals surface area contributed by atoms with E-state index in [1.54, 1.807) is 4.52 Å². The zero-order chi connectivity index (χ0) is 20.3. The average molecular weight is 380 g/mol. The van der Waals surface area contributed by atoms with Crippen molar-refractivity contribution in [1.82, 2.24) is 24.9 Å². The van der Waals surface area contributed by atoms with E-state index in [-0.39, 0.29) is 23.6 Å². The molecule has 0 spiro atoms. The number of hydrogen-bond donors (Lipinski definition) is 2. The Morgan fingerprint density at radius 3 is 2.71 bits per heavy atom. The van der Waals surface area contributed by atoms with Crippen molar-refractivity contribution in [2.45, 2.75) is 40.7 Å². The number of benzene rings is 1. The van der Waals surface area contributed by atoms with Crippen molar-refractivity contribution in [3.05, 3.63) is 53.1 Å². The highest BCUT2D eigenvalue weighted by atomic mass is 16.2. The topological polar surface area (TPSA) is 101 Å². The van der Waals surface area contributed by atoms with Crippen molar-refractivity contribution in [1.29, 1.82) is 0 Å². The zero-order valence-electron chi connectivity index (χ0n) is 16.5. The second kappa shape index (κ2) is 8.16. The molecule has 8 nitrogen and oxygen atoms in total. The van der Waals surface area contributed by atoms with Gasteiger partial charge in [0, 0.05) is 29.5 Å². The number of aromatic nitrogens is 4. The van der Waals surface area contributed by atoms with E-state index < -0.39 is 0 Å². The maximum absolute atomic E-state index is 12.4. The minimum atomic E-state index is -0.378. The van der Waals surface area contributed by atoms with Gasteiger partial charge in [-0.25, -0.2) is 9.50 Å². The summed E-state index contributed by atoms with van der Waals surface area (Å²) in [4.78, 5) is 33.0. The third kappa shape index (κ3) is 4.33. The summed E-state index contributed by atoms with van der Waals surface area (Å²) in [6.45, 7) is 7.92. The van der Waals surface area contributed by atoms with Gasteiger partial charge >= 0.3 is 0 Å². The number of carbonyl (C=O) groups is 2. The van der Waals surface area contributed by atoms with E-state index in [9.17, 15) is 9.59 Å². The van der Waals surface area contributed by atoms with Crippen LogP contribution in [-0.4, -0.2) is 31.4 Å². The molecule has 2 N–H and O–H groups in total. The molecule has 1 aromatic carbocycles. The summed E-state index contributed by atoms with van der Waals surface area (Å²) in [6, 6.07) is 9.26. The lowest BCUT2D eigenvalue weighted by Gasteiger charge is -2.11. The minimum Gasteiger partial charge on any atom is -0.345 e. The summed E-state index contributed by atoms with van der Waals surface area (Å²) in [6.07, 6.45) is 0.779. The van der Waals surface area contributed by atoms with Crippen LogP contribution in [-0.2, 0) is 11.3 Å². The molecule has 3 aromatic rings. The highest BCUT2D eigenvalue weighted by Gasteiger charge is 2.15. The summed E-state index contributed by atoms with van der Waals surface area (Å²) in [5, 5.41) is 9.93. The first kappa shape index (κ1) is 19.5. The monoisotopic (exact) mass is 380 g/mol. The van der Waals surface area contributed by atoms with Gasteiger partial charge in [0.25, 0.3) is 11.7 Å². The second-order valence-corrected chi connectivity index (χ2v) is 6.87. The number of rotatable bonds is 6. The van der Waals surface area contributed by atoms with Gasteiger partial charge in [0.15, 0.2) is 0 Å². The Balaban J connectivity index is 1.67. The first-order valence-corrected chi connectivity index (χ1v) is 9.26. The number of carbonyl (C=O) groups excluding carboxylic acids is 2. The summed E-state index contributed by atoms with van der Waals surface area (Å²) >= 11 is 0. The van der Waals surface area contributed by atoms with Crippen LogP contribution in [0.1, 0.15) is 47.8 Å². The van der Waals surface area contributed by atoms with Crippen molar-refractivity contribution in [2.24, 2.45) is 5.92 Å². The Morgan fingerprint density at radius 2 is 1.96 bits per heavy atom. The van der Waals surface area contributed by atoms with E-state index in [1.807, 2.05) is 58.0 Å². The smallest absolute Gasteiger partial charge is 0.291 e. The quantitative estimate of drug-likeness (QED) is 0.685. The van der Waals surface area contributed by atoms with E-state index in [4.69, 9.17) is 0 Å². The van der Waals surface area contributed by atoms with Gasteiger partial charge in [0.2, 0.25) is 11.7 Å². The lowest BCUT2D eigenvalue weighted by molar-refractivity contribution is -0.119. The van der Waals surface area contributed by atoms with Crippen LogP contribution in [0.25, 0.3) is 5.78 Å². The molecule has 3 rings (SSSR count). The van der Waals surface area contributed by atoms with Crippen LogP contribution in [0, 0.1) is 19.8 Å². The maximum atomic E-state index is 12.4. The number of nitrogens with zero attached hydrogens (tertiary/aromatic N) is 4. The Morgan fingerprint density at radius 1 is 1.18 bits per heavy atom. The molecule has 8 heteroatoms. The highest BCUT2D eigenvalue weighted by Crippen LogP contribution is 2.13. The molecule has 28 heavy (non-hydrogen) atoms. The van der Waals surface area contributed by atoms with Gasteiger partial charge in [-0.3, -0.25) is 9.59 Å². The Hall–Kier alpha value is -3.29. The molecule has 1 unspecified atom stereocenters. The molecule has 2 amide bonds. The fraction of sp³-hybridized carbons (Fsp3) is 0.350. The predicted octanol–water partition coefficient (Wildman–Crippen LogP) is 2.66. The lowest BCUT2D eigenvalue weighted by atomic mass is 10.1. The van der Waals surface area contributed by atoms with E-state index in [0.29, 0.717) is 18.0 Å². The van der Waals surface area contributed by atoms with E-state index in [1.165, 1.54) is 0 Å². The molecule has 0 aliphatic heterocycles. The average Bonchev–Trinajstić information content (AvgIpc) is 3.10. The number of anilines is 1. The van der Waals surface area contributed by atoms with Crippen LogP contribution in [0.3, 0.4) is 0 Å². The highest BCUT2D eigenvalue weighted by molar-refractivity contribution is 5.92. The second-order valence-electron chi connectivity index (χ2n) is 6.87. The number of aryl methyl sites for hydroxylation is 2. The number of fused-ring (bicyclic) bond motifs is 1. The summed E-state index contributed by atoms with van der Waals surface area (Å²) in [5.74, 6) is 0.0253. The zero-order valence-corrected chi connectivity index (χ0v) is 16.5. The molecular weight excluding hydrogens is 356 g/mol. The van der Waals surface area contributed by atoms with Gasteiger partial charge in [-0.1, -0.05) is 26.0 Å². The van der Waals surface area contributed by atoms with E-state index in [2.05, 4.69) is 25.7 Å². The van der Waals surface area contributed by atoms with Crippen LogP contribution >= 0.6 is 0 Å².